The Kier molecular flexibility index (Phi) is 3.91. The van der Waals surface area contributed by atoms with E-state index in [0.717, 1.165) is 6.07 Å². The van der Waals surface area contributed by atoms with E-state index in [4.69, 9.17) is 5.41 Å². The number of nitrogens with one attached hydrogen (secondary N) is 2. The number of rotatable bonds is 4. The molecule has 0 heterocycles. The highest BCUT2D eigenvalue weighted by Crippen LogP contribution is 2.23. The molecule has 0 bridgehead atoms. The molecule has 1 aromatic carbocycles. The van der Waals surface area contributed by atoms with Crippen LogP contribution in [0.5, 0.6) is 0 Å². The summed E-state index contributed by atoms with van der Waals surface area (Å²) in [7, 11) is 1.50. The van der Waals surface area contributed by atoms with Crippen molar-refractivity contribution in [1.82, 2.24) is 0 Å². The van der Waals surface area contributed by atoms with E-state index < -0.39 is 17.4 Å². The molecule has 0 atom stereocenters. The number of hydrogen-bond acceptors (Lipinski definition) is 5. The van der Waals surface area contributed by atoms with Crippen molar-refractivity contribution in [2.45, 2.75) is 6.61 Å². The van der Waals surface area contributed by atoms with Gasteiger partial charge in [0.05, 0.1) is 10.5 Å². The third-order valence-corrected chi connectivity index (χ3v) is 1.93. The summed E-state index contributed by atoms with van der Waals surface area (Å²) in [6, 6.07) is 3.51. The zero-order valence-electron chi connectivity index (χ0n) is 8.74. The molecule has 0 saturated carbocycles. The fourth-order valence-electron chi connectivity index (χ4n) is 1.20. The molecule has 0 aromatic heterocycles. The van der Waals surface area contributed by atoms with Crippen LogP contribution in [0.2, 0.25) is 0 Å². The van der Waals surface area contributed by atoms with Crippen LogP contribution in [-0.4, -0.2) is 24.5 Å². The van der Waals surface area contributed by atoms with Crippen molar-refractivity contribution in [1.29, 1.82) is 5.41 Å². The van der Waals surface area contributed by atoms with Gasteiger partial charge in [-0.25, -0.2) is 0 Å². The molecule has 0 aliphatic heterocycles. The van der Waals surface area contributed by atoms with E-state index in [0.29, 0.717) is 5.69 Å². The predicted octanol–water partition coefficient (Wildman–Crippen LogP) is 2.20. The molecule has 0 unspecified atom stereocenters. The van der Waals surface area contributed by atoms with Crippen molar-refractivity contribution in [3.63, 3.8) is 0 Å². The van der Waals surface area contributed by atoms with Crippen molar-refractivity contribution in [3.8, 4) is 0 Å². The van der Waals surface area contributed by atoms with Gasteiger partial charge in [0.25, 0.3) is 5.69 Å². The number of ether oxygens (including phenoxy) is 1. The molecule has 92 valence electrons. The van der Waals surface area contributed by atoms with Crippen LogP contribution in [0.4, 0.5) is 20.2 Å². The lowest BCUT2D eigenvalue weighted by atomic mass is 10.1. The smallest absolute Gasteiger partial charge is 0.388 e. The van der Waals surface area contributed by atoms with Crippen molar-refractivity contribution >= 4 is 17.3 Å². The maximum atomic E-state index is 11.9. The fourth-order valence-corrected chi connectivity index (χ4v) is 1.20. The molecule has 0 saturated heterocycles. The van der Waals surface area contributed by atoms with Gasteiger partial charge in [0.2, 0.25) is 5.90 Å². The Balaban J connectivity index is 3.14. The molecular weight excluding hydrogens is 236 g/mol. The topological polar surface area (TPSA) is 88.3 Å². The van der Waals surface area contributed by atoms with E-state index >= 15 is 0 Å². The van der Waals surface area contributed by atoms with E-state index in [-0.39, 0.29) is 11.3 Å². The first-order valence-corrected chi connectivity index (χ1v) is 4.45. The van der Waals surface area contributed by atoms with Gasteiger partial charge in [0.1, 0.15) is 0 Å². The highest BCUT2D eigenvalue weighted by atomic mass is 19.3. The fraction of sp³-hybridized carbons (Fsp3) is 0.222. The molecule has 0 aliphatic rings. The van der Waals surface area contributed by atoms with Crippen molar-refractivity contribution in [3.05, 3.63) is 33.9 Å². The molecule has 17 heavy (non-hydrogen) atoms. The van der Waals surface area contributed by atoms with Crippen LogP contribution in [0.1, 0.15) is 5.56 Å². The van der Waals surface area contributed by atoms with E-state index in [1.54, 1.807) is 0 Å². The highest BCUT2D eigenvalue weighted by Gasteiger charge is 2.17. The van der Waals surface area contributed by atoms with Gasteiger partial charge < -0.3 is 10.1 Å². The molecule has 0 amide bonds. The average molecular weight is 245 g/mol. The Bertz CT molecular complexity index is 451. The zero-order valence-corrected chi connectivity index (χ0v) is 8.74. The van der Waals surface area contributed by atoms with Crippen LogP contribution in [0.25, 0.3) is 0 Å². The van der Waals surface area contributed by atoms with Crippen LogP contribution in [-0.2, 0) is 4.74 Å². The first kappa shape index (κ1) is 12.8. The zero-order chi connectivity index (χ0) is 13.0. The van der Waals surface area contributed by atoms with Crippen molar-refractivity contribution in [2.24, 2.45) is 0 Å². The lowest BCUT2D eigenvalue weighted by molar-refractivity contribution is -0.384. The Labute approximate surface area is 94.9 Å². The van der Waals surface area contributed by atoms with Gasteiger partial charge in [-0.1, -0.05) is 0 Å². The molecule has 1 aromatic rings. The molecule has 0 fully saturated rings. The maximum absolute atomic E-state index is 11.9. The van der Waals surface area contributed by atoms with E-state index in [1.807, 2.05) is 0 Å². The molecule has 1 rings (SSSR count). The minimum Gasteiger partial charge on any atom is -0.417 e. The number of benzene rings is 1. The van der Waals surface area contributed by atoms with Crippen molar-refractivity contribution in [2.75, 3.05) is 12.4 Å². The number of non-ortho nitro benzene ring substituents is 1. The summed E-state index contributed by atoms with van der Waals surface area (Å²) in [5.41, 5.74) is -0.107. The molecule has 0 radical (unpaired) electrons. The van der Waals surface area contributed by atoms with Gasteiger partial charge in [-0.05, 0) is 6.07 Å². The number of nitrogens with zero attached hydrogens (tertiary/aromatic N) is 1. The molecule has 0 spiro atoms. The third-order valence-electron chi connectivity index (χ3n) is 1.93. The monoisotopic (exact) mass is 245 g/mol. The second-order valence-electron chi connectivity index (χ2n) is 2.94. The molecule has 8 heteroatoms. The van der Waals surface area contributed by atoms with Gasteiger partial charge >= 0.3 is 6.61 Å². The summed E-state index contributed by atoms with van der Waals surface area (Å²) in [4.78, 5) is 9.84. The number of anilines is 1. The minimum absolute atomic E-state index is 0.0954. The predicted molar refractivity (Wildman–Crippen MR) is 56.6 cm³/mol. The average Bonchev–Trinajstić information content (AvgIpc) is 2.27. The van der Waals surface area contributed by atoms with Gasteiger partial charge in [-0.15, -0.1) is 0 Å². The first-order valence-electron chi connectivity index (χ1n) is 4.45. The van der Waals surface area contributed by atoms with Gasteiger partial charge in [0.15, 0.2) is 0 Å². The Hall–Kier alpha value is -2.25. The summed E-state index contributed by atoms with van der Waals surface area (Å²) in [5.74, 6) is -0.826. The molecular formula is C9H9F2N3O3. The number of nitro groups is 1. The lowest BCUT2D eigenvalue weighted by Crippen LogP contribution is -2.12. The summed E-state index contributed by atoms with van der Waals surface area (Å²) < 4.78 is 27.8. The van der Waals surface area contributed by atoms with E-state index in [2.05, 4.69) is 10.1 Å². The summed E-state index contributed by atoms with van der Waals surface area (Å²) in [5, 5.41) is 20.4. The first-order chi connectivity index (χ1) is 7.95. The van der Waals surface area contributed by atoms with Crippen LogP contribution < -0.4 is 5.32 Å². The standard InChI is InChI=1S/C9H9F2N3O3/c1-13-7-3-2-5(14(15)16)4-6(7)8(12)17-9(10)11/h2-4,9,12-13H,1H3. The second-order valence-corrected chi connectivity index (χ2v) is 2.94. The molecule has 0 aliphatic carbocycles. The molecule has 6 nitrogen and oxygen atoms in total. The van der Waals surface area contributed by atoms with Gasteiger partial charge in [-0.3, -0.25) is 15.5 Å². The maximum Gasteiger partial charge on any atom is 0.388 e. The normalized spacial score (nSPS) is 10.1. The van der Waals surface area contributed by atoms with Gasteiger partial charge in [0, 0.05) is 24.9 Å². The largest absolute Gasteiger partial charge is 0.417 e. The van der Waals surface area contributed by atoms with Gasteiger partial charge in [-0.2, -0.15) is 8.78 Å². The summed E-state index contributed by atoms with van der Waals surface area (Å²) >= 11 is 0. The van der Waals surface area contributed by atoms with Crippen LogP contribution >= 0.6 is 0 Å². The quantitative estimate of drug-likeness (QED) is 0.368. The Morgan fingerprint density at radius 1 is 1.59 bits per heavy atom. The number of alkyl halides is 2. The third kappa shape index (κ3) is 3.10. The Morgan fingerprint density at radius 3 is 2.71 bits per heavy atom. The van der Waals surface area contributed by atoms with Crippen LogP contribution in [0.3, 0.4) is 0 Å². The highest BCUT2D eigenvalue weighted by molar-refractivity contribution is 5.98. The van der Waals surface area contributed by atoms with Crippen molar-refractivity contribution < 1.29 is 18.4 Å². The van der Waals surface area contributed by atoms with Crippen LogP contribution in [0, 0.1) is 15.5 Å². The van der Waals surface area contributed by atoms with E-state index in [9.17, 15) is 18.9 Å². The molecule has 2 N–H and O–H groups in total. The second kappa shape index (κ2) is 5.19. The van der Waals surface area contributed by atoms with E-state index in [1.165, 1.54) is 19.2 Å². The number of nitro benzene ring substituents is 1. The van der Waals surface area contributed by atoms with Crippen LogP contribution in [0.15, 0.2) is 18.2 Å². The number of halogens is 2. The lowest BCUT2D eigenvalue weighted by Gasteiger charge is -2.10. The summed E-state index contributed by atoms with van der Waals surface area (Å²) in [6.07, 6.45) is 0. The SMILES string of the molecule is CNc1ccc([N+](=O)[O-])cc1C(=N)OC(F)F. The Morgan fingerprint density at radius 2 is 2.24 bits per heavy atom. The minimum atomic E-state index is -3.15. The summed E-state index contributed by atoms with van der Waals surface area (Å²) in [6.45, 7) is -3.15. The number of hydrogen-bond donors (Lipinski definition) is 2.